The smallest absolute Gasteiger partial charge is 0.344 e. The summed E-state index contributed by atoms with van der Waals surface area (Å²) in [6, 6.07) is 4.20. The van der Waals surface area contributed by atoms with Crippen LogP contribution in [0.2, 0.25) is 0 Å². The molecule has 1 aromatic rings. The normalized spacial score (nSPS) is 12.0. The van der Waals surface area contributed by atoms with Crippen molar-refractivity contribution in [2.45, 2.75) is 32.7 Å². The maximum absolute atomic E-state index is 13.6. The zero-order valence-electron chi connectivity index (χ0n) is 11.3. The molecule has 106 valence electrons. The Bertz CT molecular complexity index is 421. The van der Waals surface area contributed by atoms with E-state index in [1.165, 1.54) is 12.1 Å². The molecule has 0 aliphatic carbocycles. The highest BCUT2D eigenvalue weighted by atomic mass is 19.1. The number of carbonyl (C=O) groups is 1. The number of benzene rings is 1. The van der Waals surface area contributed by atoms with Gasteiger partial charge in [-0.15, -0.1) is 0 Å². The highest BCUT2D eigenvalue weighted by Gasteiger charge is 2.10. The number of hydrogen-bond donors (Lipinski definition) is 1. The Morgan fingerprint density at radius 2 is 2.21 bits per heavy atom. The topological polar surface area (TPSA) is 61.5 Å². The van der Waals surface area contributed by atoms with Gasteiger partial charge >= 0.3 is 5.97 Å². The lowest BCUT2D eigenvalue weighted by Crippen LogP contribution is -2.16. The van der Waals surface area contributed by atoms with Crippen LogP contribution in [-0.2, 0) is 9.53 Å². The summed E-state index contributed by atoms with van der Waals surface area (Å²) in [6.07, 6.45) is 1.75. The summed E-state index contributed by atoms with van der Waals surface area (Å²) in [5.74, 6) is -1.00. The third-order valence-corrected chi connectivity index (χ3v) is 2.59. The van der Waals surface area contributed by atoms with Crippen molar-refractivity contribution in [2.24, 2.45) is 5.73 Å². The van der Waals surface area contributed by atoms with Crippen LogP contribution in [0.5, 0.6) is 5.75 Å². The Morgan fingerprint density at radius 1 is 1.47 bits per heavy atom. The molecular formula is C14H20FNO3. The predicted octanol–water partition coefficient (Wildman–Crippen LogP) is 2.57. The minimum Gasteiger partial charge on any atom is -0.479 e. The number of ether oxygens (including phenoxy) is 2. The van der Waals surface area contributed by atoms with E-state index >= 15 is 0 Å². The maximum atomic E-state index is 13.6. The first-order chi connectivity index (χ1) is 9.04. The third-order valence-electron chi connectivity index (χ3n) is 2.59. The van der Waals surface area contributed by atoms with Crippen LogP contribution < -0.4 is 10.5 Å². The van der Waals surface area contributed by atoms with Crippen molar-refractivity contribution in [1.29, 1.82) is 0 Å². The zero-order chi connectivity index (χ0) is 14.3. The van der Waals surface area contributed by atoms with E-state index in [0.29, 0.717) is 12.2 Å². The molecule has 0 aliphatic rings. The molecule has 2 N–H and O–H groups in total. The maximum Gasteiger partial charge on any atom is 0.344 e. The van der Waals surface area contributed by atoms with Gasteiger partial charge in [0.2, 0.25) is 0 Å². The van der Waals surface area contributed by atoms with Gasteiger partial charge in [-0.2, -0.15) is 0 Å². The molecular weight excluding hydrogens is 249 g/mol. The number of halogens is 1. The molecule has 0 radical (unpaired) electrons. The lowest BCUT2D eigenvalue weighted by molar-refractivity contribution is -0.146. The zero-order valence-corrected chi connectivity index (χ0v) is 11.3. The fourth-order valence-corrected chi connectivity index (χ4v) is 1.43. The van der Waals surface area contributed by atoms with E-state index in [9.17, 15) is 9.18 Å². The van der Waals surface area contributed by atoms with Crippen molar-refractivity contribution >= 4 is 5.97 Å². The van der Waals surface area contributed by atoms with Crippen molar-refractivity contribution < 1.29 is 18.7 Å². The lowest BCUT2D eigenvalue weighted by atomic mass is 10.1. The first-order valence-corrected chi connectivity index (χ1v) is 6.38. The number of nitrogens with two attached hydrogens (primary N) is 1. The largest absolute Gasteiger partial charge is 0.479 e. The molecule has 0 saturated heterocycles. The van der Waals surface area contributed by atoms with Crippen LogP contribution in [0.15, 0.2) is 18.2 Å². The standard InChI is InChI=1S/C14H20FNO3/c1-3-4-7-18-14(17)9-19-13-6-5-11(10(2)16)8-12(13)15/h5-6,8,10H,3-4,7,9,16H2,1-2H3/t10-/m0/s1. The number of esters is 1. The number of unbranched alkanes of at least 4 members (excludes halogenated alkanes) is 1. The highest BCUT2D eigenvalue weighted by Crippen LogP contribution is 2.21. The quantitative estimate of drug-likeness (QED) is 0.610. The van der Waals surface area contributed by atoms with Gasteiger partial charge < -0.3 is 15.2 Å². The van der Waals surface area contributed by atoms with Gasteiger partial charge in [-0.25, -0.2) is 9.18 Å². The van der Waals surface area contributed by atoms with Gasteiger partial charge in [0, 0.05) is 6.04 Å². The fourth-order valence-electron chi connectivity index (χ4n) is 1.43. The number of carbonyl (C=O) groups excluding carboxylic acids is 1. The average molecular weight is 269 g/mol. The van der Waals surface area contributed by atoms with Crippen molar-refractivity contribution in [2.75, 3.05) is 13.2 Å². The van der Waals surface area contributed by atoms with E-state index in [4.69, 9.17) is 15.2 Å². The second-order valence-electron chi connectivity index (χ2n) is 4.34. The van der Waals surface area contributed by atoms with Crippen LogP contribution >= 0.6 is 0 Å². The van der Waals surface area contributed by atoms with E-state index in [1.807, 2.05) is 6.92 Å². The van der Waals surface area contributed by atoms with Gasteiger partial charge in [-0.1, -0.05) is 19.4 Å². The van der Waals surface area contributed by atoms with E-state index in [2.05, 4.69) is 0 Å². The number of hydrogen-bond acceptors (Lipinski definition) is 4. The van der Waals surface area contributed by atoms with E-state index in [1.54, 1.807) is 13.0 Å². The summed E-state index contributed by atoms with van der Waals surface area (Å²) in [7, 11) is 0. The van der Waals surface area contributed by atoms with Gasteiger partial charge in [0.1, 0.15) is 0 Å². The molecule has 1 aromatic carbocycles. The summed E-state index contributed by atoms with van der Waals surface area (Å²) in [5, 5.41) is 0. The minimum atomic E-state index is -0.531. The molecule has 0 aromatic heterocycles. The molecule has 0 spiro atoms. The monoisotopic (exact) mass is 269 g/mol. The van der Waals surface area contributed by atoms with Crippen molar-refractivity contribution in [3.8, 4) is 5.75 Å². The molecule has 1 atom stereocenters. The van der Waals surface area contributed by atoms with E-state index < -0.39 is 11.8 Å². The van der Waals surface area contributed by atoms with Gasteiger partial charge in [-0.05, 0) is 31.0 Å². The molecule has 0 unspecified atom stereocenters. The Labute approximate surface area is 112 Å². The molecule has 4 nitrogen and oxygen atoms in total. The molecule has 0 bridgehead atoms. The highest BCUT2D eigenvalue weighted by molar-refractivity contribution is 5.71. The van der Waals surface area contributed by atoms with Crippen molar-refractivity contribution in [3.63, 3.8) is 0 Å². The first kappa shape index (κ1) is 15.4. The van der Waals surface area contributed by atoms with Crippen LogP contribution in [0.4, 0.5) is 4.39 Å². The Balaban J connectivity index is 2.47. The Hall–Kier alpha value is -1.62. The average Bonchev–Trinajstić information content (AvgIpc) is 2.37. The summed E-state index contributed by atoms with van der Waals surface area (Å²) in [5.41, 5.74) is 6.32. The van der Waals surface area contributed by atoms with Gasteiger partial charge in [0.25, 0.3) is 0 Å². The minimum absolute atomic E-state index is 0.0249. The molecule has 0 fully saturated rings. The van der Waals surface area contributed by atoms with Gasteiger partial charge in [0.15, 0.2) is 18.2 Å². The third kappa shape index (κ3) is 5.26. The molecule has 19 heavy (non-hydrogen) atoms. The van der Waals surface area contributed by atoms with Crippen molar-refractivity contribution in [3.05, 3.63) is 29.6 Å². The van der Waals surface area contributed by atoms with Gasteiger partial charge in [-0.3, -0.25) is 0 Å². The Kier molecular flexibility index (Phi) is 6.29. The van der Waals surface area contributed by atoms with Crippen LogP contribution in [0.25, 0.3) is 0 Å². The fraction of sp³-hybridized carbons (Fsp3) is 0.500. The SMILES string of the molecule is CCCCOC(=O)COc1ccc([C@H](C)N)cc1F. The molecule has 0 heterocycles. The first-order valence-electron chi connectivity index (χ1n) is 6.38. The lowest BCUT2D eigenvalue weighted by Gasteiger charge is -2.10. The van der Waals surface area contributed by atoms with Crippen molar-refractivity contribution in [1.82, 2.24) is 0 Å². The Morgan fingerprint density at radius 3 is 2.79 bits per heavy atom. The molecule has 1 rings (SSSR count). The summed E-state index contributed by atoms with van der Waals surface area (Å²) in [6.45, 7) is 3.84. The summed E-state index contributed by atoms with van der Waals surface area (Å²) < 4.78 is 23.6. The van der Waals surface area contributed by atoms with Crippen LogP contribution in [0, 0.1) is 5.82 Å². The van der Waals surface area contributed by atoms with Crippen LogP contribution in [0.1, 0.15) is 38.3 Å². The molecule has 5 heteroatoms. The summed E-state index contributed by atoms with van der Waals surface area (Å²) in [4.78, 5) is 11.3. The molecule has 0 amide bonds. The van der Waals surface area contributed by atoms with Crippen LogP contribution in [0.3, 0.4) is 0 Å². The van der Waals surface area contributed by atoms with E-state index in [0.717, 1.165) is 12.8 Å². The summed E-state index contributed by atoms with van der Waals surface area (Å²) >= 11 is 0. The predicted molar refractivity (Wildman–Crippen MR) is 70.4 cm³/mol. The number of rotatable bonds is 7. The van der Waals surface area contributed by atoms with E-state index in [-0.39, 0.29) is 18.4 Å². The molecule has 0 aliphatic heterocycles. The van der Waals surface area contributed by atoms with Crippen LogP contribution in [-0.4, -0.2) is 19.2 Å². The molecule has 0 saturated carbocycles. The second-order valence-corrected chi connectivity index (χ2v) is 4.34. The van der Waals surface area contributed by atoms with Gasteiger partial charge in [0.05, 0.1) is 6.61 Å². The second kappa shape index (κ2) is 7.74.